The van der Waals surface area contributed by atoms with E-state index in [-0.39, 0.29) is 35.6 Å². The Balaban J connectivity index is 0.00000260. The molecule has 0 saturated carbocycles. The van der Waals surface area contributed by atoms with Gasteiger partial charge in [-0.3, -0.25) is 0 Å². The number of hydrogen-bond donors (Lipinski definition) is 0. The van der Waals surface area contributed by atoms with Gasteiger partial charge in [-0.05, 0) is 0 Å². The van der Waals surface area contributed by atoms with E-state index in [0.29, 0.717) is 0 Å². The Bertz CT molecular complexity index is 1970. The summed E-state index contributed by atoms with van der Waals surface area (Å²) in [5, 5.41) is 2.92. The van der Waals surface area contributed by atoms with E-state index in [1.807, 2.05) is 0 Å². The predicted molar refractivity (Wildman–Crippen MR) is 195 cm³/mol. The van der Waals surface area contributed by atoms with Crippen LogP contribution in [0.3, 0.4) is 0 Å². The van der Waals surface area contributed by atoms with Crippen molar-refractivity contribution in [1.82, 2.24) is 0 Å². The Morgan fingerprint density at radius 3 is 1.62 bits per heavy atom. The Morgan fingerprint density at radius 2 is 1.19 bits per heavy atom. The SMILES string of the molecule is CCc1c(CC)c(C(C)(C)C)c(C2=CC=CC2)c2c1-c1c(CC)c(=C(c3ccccc3)c3ccccc3)c(C(C)(C)C)cc1=[C]2[Zr+2].[Cl-].[Cl-]. The molecule has 0 fully saturated rings. The summed E-state index contributed by atoms with van der Waals surface area (Å²) in [6.07, 6.45) is 11.1. The Kier molecular flexibility index (Phi) is 11.8. The van der Waals surface area contributed by atoms with Crippen molar-refractivity contribution in [2.24, 2.45) is 0 Å². The van der Waals surface area contributed by atoms with E-state index >= 15 is 0 Å². The fourth-order valence-electron chi connectivity index (χ4n) is 8.19. The second-order valence-electron chi connectivity index (χ2n) is 15.0. The Hall–Kier alpha value is -2.44. The molecule has 2 aliphatic rings. The monoisotopic (exact) mass is 749 g/mol. The van der Waals surface area contributed by atoms with Crippen molar-refractivity contribution < 1.29 is 49.5 Å². The maximum atomic E-state index is 2.62. The maximum Gasteiger partial charge on any atom is -1.00 e. The van der Waals surface area contributed by atoms with Gasteiger partial charge < -0.3 is 24.8 Å². The van der Waals surface area contributed by atoms with Crippen LogP contribution in [0.25, 0.3) is 25.6 Å². The van der Waals surface area contributed by atoms with Crippen LogP contribution in [0.4, 0.5) is 0 Å². The van der Waals surface area contributed by atoms with E-state index < -0.39 is 0 Å². The molecule has 3 heteroatoms. The third kappa shape index (κ3) is 6.46. The molecule has 4 aromatic rings. The fraction of sp³-hybridized carbons (Fsp3) is 0.333. The first-order valence-corrected chi connectivity index (χ1v) is 18.5. The fourth-order valence-corrected chi connectivity index (χ4v) is 9.29. The first-order chi connectivity index (χ1) is 21.9. The zero-order valence-electron chi connectivity index (χ0n) is 30.2. The molecule has 0 unspecified atom stereocenters. The van der Waals surface area contributed by atoms with Crippen LogP contribution in [0.5, 0.6) is 0 Å². The van der Waals surface area contributed by atoms with Crippen LogP contribution in [0.15, 0.2) is 85.0 Å². The molecule has 0 saturated heterocycles. The van der Waals surface area contributed by atoms with Crippen LogP contribution in [0.1, 0.15) is 119 Å². The molecule has 0 heterocycles. The number of halogens is 2. The van der Waals surface area contributed by atoms with Gasteiger partial charge in [0.2, 0.25) is 0 Å². The molecule has 48 heavy (non-hydrogen) atoms. The summed E-state index contributed by atoms with van der Waals surface area (Å²) in [7, 11) is 0. The number of hydrogen-bond acceptors (Lipinski definition) is 0. The number of benzene rings is 4. The Morgan fingerprint density at radius 1 is 0.646 bits per heavy atom. The van der Waals surface area contributed by atoms with Crippen molar-refractivity contribution in [2.45, 2.75) is 98.8 Å². The minimum atomic E-state index is -0.0340. The van der Waals surface area contributed by atoms with E-state index in [9.17, 15) is 0 Å². The summed E-state index contributed by atoms with van der Waals surface area (Å²) in [5.74, 6) is 0. The standard InChI is InChI=1S/C45H49.2ClH.Zr/c1-10-33-34(11-2)43(45(7,8)9)40(31-25-19-20-26-31)36-27-32-28-37(44(4,5)6)42(35(12-3)39(32)41(33)36)38(29-21-15-13-16-22-29)30-23-17-14-18-24-30;;;/h13-25,28H,10-12,26H2,1-9H3;2*1H;/q;;;+2/p-2. The van der Waals surface area contributed by atoms with Crippen LogP contribution in [-0.2, 0) is 54.8 Å². The van der Waals surface area contributed by atoms with Crippen LogP contribution in [0, 0.1) is 0 Å². The van der Waals surface area contributed by atoms with Gasteiger partial charge in [0.1, 0.15) is 0 Å². The zero-order chi connectivity index (χ0) is 33.0. The molecule has 247 valence electrons. The van der Waals surface area contributed by atoms with Gasteiger partial charge in [-0.25, -0.2) is 0 Å². The molecule has 0 aliphatic heterocycles. The molecule has 0 radical (unpaired) electrons. The molecule has 0 amide bonds. The molecule has 0 nitrogen and oxygen atoms in total. The third-order valence-electron chi connectivity index (χ3n) is 10.0. The molecule has 0 aromatic heterocycles. The molecule has 0 spiro atoms. The Labute approximate surface area is 317 Å². The summed E-state index contributed by atoms with van der Waals surface area (Å²) in [4.78, 5) is 0. The van der Waals surface area contributed by atoms with Crippen molar-refractivity contribution in [3.63, 3.8) is 0 Å². The van der Waals surface area contributed by atoms with Gasteiger partial charge in [0, 0.05) is 0 Å². The molecule has 0 bridgehead atoms. The van der Waals surface area contributed by atoms with Crippen LogP contribution in [0.2, 0.25) is 0 Å². The summed E-state index contributed by atoms with van der Waals surface area (Å²) in [6.45, 7) is 21.7. The average molecular weight is 752 g/mol. The molecular weight excluding hydrogens is 703 g/mol. The predicted octanol–water partition coefficient (Wildman–Crippen LogP) is 4.25. The largest absolute Gasteiger partial charge is 1.00 e. The van der Waals surface area contributed by atoms with Gasteiger partial charge in [0.15, 0.2) is 0 Å². The first kappa shape index (κ1) is 38.4. The van der Waals surface area contributed by atoms with Crippen molar-refractivity contribution in [1.29, 1.82) is 0 Å². The van der Waals surface area contributed by atoms with E-state index in [1.165, 1.54) is 94.1 Å². The molecule has 0 N–H and O–H groups in total. The molecule has 0 atom stereocenters. The van der Waals surface area contributed by atoms with Gasteiger partial charge in [-0.15, -0.1) is 0 Å². The number of fused-ring (bicyclic) bond motifs is 3. The van der Waals surface area contributed by atoms with Crippen LogP contribution < -0.4 is 35.3 Å². The van der Waals surface area contributed by atoms with E-state index in [2.05, 4.69) is 147 Å². The minimum Gasteiger partial charge on any atom is -1.00 e. The van der Waals surface area contributed by atoms with Crippen molar-refractivity contribution in [2.75, 3.05) is 0 Å². The van der Waals surface area contributed by atoms with Crippen LogP contribution in [-0.4, -0.2) is 0 Å². The van der Waals surface area contributed by atoms with Gasteiger partial charge in [-0.1, -0.05) is 0 Å². The third-order valence-corrected chi connectivity index (χ3v) is 11.3. The summed E-state index contributed by atoms with van der Waals surface area (Å²) >= 11 is 1.50. The van der Waals surface area contributed by atoms with E-state index in [0.717, 1.165) is 25.7 Å². The van der Waals surface area contributed by atoms with Gasteiger partial charge in [0.25, 0.3) is 0 Å². The average Bonchev–Trinajstić information content (AvgIpc) is 3.67. The topological polar surface area (TPSA) is 0 Å². The zero-order valence-corrected chi connectivity index (χ0v) is 34.1. The maximum absolute atomic E-state index is 2.62. The van der Waals surface area contributed by atoms with Crippen molar-refractivity contribution in [3.05, 3.63) is 145 Å². The normalized spacial score (nSPS) is 13.5. The minimum absolute atomic E-state index is 0. The van der Waals surface area contributed by atoms with Crippen LogP contribution >= 0.6 is 0 Å². The summed E-state index contributed by atoms with van der Waals surface area (Å²) < 4.78 is 1.54. The summed E-state index contributed by atoms with van der Waals surface area (Å²) in [6, 6.07) is 24.9. The smallest absolute Gasteiger partial charge is 1.00 e. The quantitative estimate of drug-likeness (QED) is 0.277. The van der Waals surface area contributed by atoms with Gasteiger partial charge >= 0.3 is 295 Å². The second kappa shape index (κ2) is 14.8. The first-order valence-electron chi connectivity index (χ1n) is 17.3. The summed E-state index contributed by atoms with van der Waals surface area (Å²) in [5.41, 5.74) is 19.2. The van der Waals surface area contributed by atoms with Gasteiger partial charge in [0.05, 0.1) is 0 Å². The molecule has 6 rings (SSSR count). The second-order valence-corrected chi connectivity index (χ2v) is 16.3. The van der Waals surface area contributed by atoms with E-state index in [1.54, 1.807) is 16.7 Å². The molecule has 2 aliphatic carbocycles. The van der Waals surface area contributed by atoms with Gasteiger partial charge in [-0.2, -0.15) is 0 Å². The number of allylic oxidation sites excluding steroid dienone is 4. The van der Waals surface area contributed by atoms with Crippen molar-refractivity contribution in [3.8, 4) is 11.1 Å². The number of rotatable bonds is 6. The van der Waals surface area contributed by atoms with E-state index in [4.69, 9.17) is 0 Å². The molecular formula is C45H49Cl2Zr. The van der Waals surface area contributed by atoms with Crippen molar-refractivity contribution >= 4 is 14.4 Å². The molecule has 4 aromatic carbocycles.